The van der Waals surface area contributed by atoms with Gasteiger partial charge in [0, 0.05) is 23.5 Å². The molecule has 3 aromatic heterocycles. The molecule has 0 saturated heterocycles. The second-order valence-electron chi connectivity index (χ2n) is 7.53. The number of aryl methyl sites for hydroxylation is 2. The van der Waals surface area contributed by atoms with Crippen LogP contribution in [0.4, 0.5) is 0 Å². The van der Waals surface area contributed by atoms with Crippen LogP contribution in [0.25, 0.3) is 45.6 Å². The Morgan fingerprint density at radius 1 is 0.677 bits per heavy atom. The summed E-state index contributed by atoms with van der Waals surface area (Å²) in [4.78, 5) is 9.19. The third-order valence-corrected chi connectivity index (χ3v) is 5.77. The summed E-state index contributed by atoms with van der Waals surface area (Å²) in [6, 6.07) is 20.8. The van der Waals surface area contributed by atoms with Gasteiger partial charge in [-0.2, -0.15) is 8.75 Å². The van der Waals surface area contributed by atoms with Gasteiger partial charge in [0.15, 0.2) is 0 Å². The molecule has 0 radical (unpaired) electrons. The molecule has 0 amide bonds. The quantitative estimate of drug-likeness (QED) is 0.328. The highest BCUT2D eigenvalue weighted by atomic mass is 32.1. The number of aromatic nitrogens is 4. The number of nitrogens with zero attached hydrogens (tertiary/aromatic N) is 4. The summed E-state index contributed by atoms with van der Waals surface area (Å²) in [5.74, 6) is 0. The third kappa shape index (κ3) is 3.88. The summed E-state index contributed by atoms with van der Waals surface area (Å²) in [6.07, 6.45) is 7.70. The van der Waals surface area contributed by atoms with E-state index in [-0.39, 0.29) is 0 Å². The molecule has 0 N–H and O–H groups in total. The van der Waals surface area contributed by atoms with E-state index < -0.39 is 0 Å². The van der Waals surface area contributed by atoms with Crippen molar-refractivity contribution in [1.82, 2.24) is 18.7 Å². The summed E-state index contributed by atoms with van der Waals surface area (Å²) in [5, 5.41) is 0. The minimum atomic E-state index is 0.838. The fourth-order valence-electron chi connectivity index (χ4n) is 3.55. The van der Waals surface area contributed by atoms with E-state index in [1.807, 2.05) is 12.1 Å². The molecule has 0 spiro atoms. The first-order valence-corrected chi connectivity index (χ1v) is 10.8. The largest absolute Gasteiger partial charge is 0.265 e. The first-order chi connectivity index (χ1) is 15.2. The average molecular weight is 421 g/mol. The van der Waals surface area contributed by atoms with Crippen molar-refractivity contribution in [2.75, 3.05) is 0 Å². The summed E-state index contributed by atoms with van der Waals surface area (Å²) >= 11 is 1.23. The Balaban J connectivity index is 1.76. The number of hydrogen-bond acceptors (Lipinski definition) is 5. The van der Waals surface area contributed by atoms with Crippen LogP contribution in [0.2, 0.25) is 0 Å². The number of pyridine rings is 2. The van der Waals surface area contributed by atoms with Gasteiger partial charge in [-0.15, -0.1) is 0 Å². The van der Waals surface area contributed by atoms with Crippen LogP contribution in [0.1, 0.15) is 22.4 Å². The molecule has 31 heavy (non-hydrogen) atoms. The van der Waals surface area contributed by atoms with Crippen LogP contribution in [-0.2, 0) is 0 Å². The van der Waals surface area contributed by atoms with Gasteiger partial charge in [0.1, 0.15) is 11.0 Å². The van der Waals surface area contributed by atoms with Gasteiger partial charge in [0.25, 0.3) is 0 Å². The lowest BCUT2D eigenvalue weighted by Crippen LogP contribution is -1.95. The Bertz CT molecular complexity index is 1370. The van der Waals surface area contributed by atoms with Crippen LogP contribution in [-0.4, -0.2) is 18.7 Å². The lowest BCUT2D eigenvalue weighted by molar-refractivity contribution is 1.30. The highest BCUT2D eigenvalue weighted by molar-refractivity contribution is 7.00. The van der Waals surface area contributed by atoms with E-state index in [1.165, 1.54) is 22.9 Å². The van der Waals surface area contributed by atoms with Crippen molar-refractivity contribution >= 4 is 34.9 Å². The minimum absolute atomic E-state index is 0.838. The topological polar surface area (TPSA) is 51.6 Å². The third-order valence-electron chi connectivity index (χ3n) is 5.24. The van der Waals surface area contributed by atoms with Gasteiger partial charge in [-0.25, -0.2) is 4.98 Å². The van der Waals surface area contributed by atoms with Crippen LogP contribution >= 0.6 is 11.7 Å². The zero-order valence-electron chi connectivity index (χ0n) is 17.3. The van der Waals surface area contributed by atoms with Crippen molar-refractivity contribution < 1.29 is 0 Å². The van der Waals surface area contributed by atoms with Gasteiger partial charge in [-0.05, 0) is 43.2 Å². The van der Waals surface area contributed by atoms with E-state index in [0.29, 0.717) is 0 Å². The molecule has 5 heteroatoms. The molecule has 2 aromatic carbocycles. The second kappa shape index (κ2) is 8.20. The number of hydrogen-bond donors (Lipinski definition) is 0. The standard InChI is InChI=1S/C26H20N4S/c1-17-3-8-20(9-4-17)23-22(12-7-19-13-15-27-16-14-19)28-24(26-25(23)29-31-30-26)21-10-5-18(2)6-11-21/h3-16H,1-2H3. The van der Waals surface area contributed by atoms with E-state index >= 15 is 0 Å². The Morgan fingerprint density at radius 3 is 1.97 bits per heavy atom. The molecule has 5 rings (SSSR count). The fraction of sp³-hybridized carbons (Fsp3) is 0.0769. The minimum Gasteiger partial charge on any atom is -0.265 e. The van der Waals surface area contributed by atoms with E-state index in [1.54, 1.807) is 12.4 Å². The second-order valence-corrected chi connectivity index (χ2v) is 8.06. The zero-order chi connectivity index (χ0) is 21.2. The van der Waals surface area contributed by atoms with Gasteiger partial charge in [-0.3, -0.25) is 4.98 Å². The molecule has 0 atom stereocenters. The number of fused-ring (bicyclic) bond motifs is 1. The van der Waals surface area contributed by atoms with E-state index in [4.69, 9.17) is 4.98 Å². The highest BCUT2D eigenvalue weighted by Crippen LogP contribution is 2.36. The summed E-state index contributed by atoms with van der Waals surface area (Å²) in [7, 11) is 0. The Kier molecular flexibility index (Phi) is 5.10. The van der Waals surface area contributed by atoms with Gasteiger partial charge < -0.3 is 0 Å². The van der Waals surface area contributed by atoms with E-state index in [9.17, 15) is 0 Å². The molecule has 0 fully saturated rings. The fourth-order valence-corrected chi connectivity index (χ4v) is 4.10. The van der Waals surface area contributed by atoms with E-state index in [2.05, 4.69) is 88.3 Å². The lowest BCUT2D eigenvalue weighted by Gasteiger charge is -2.11. The van der Waals surface area contributed by atoms with Crippen LogP contribution < -0.4 is 0 Å². The number of benzene rings is 2. The molecule has 150 valence electrons. The van der Waals surface area contributed by atoms with Crippen LogP contribution in [0.3, 0.4) is 0 Å². The van der Waals surface area contributed by atoms with Gasteiger partial charge >= 0.3 is 0 Å². The molecule has 0 bridgehead atoms. The summed E-state index contributed by atoms with van der Waals surface area (Å²) in [6.45, 7) is 4.17. The highest BCUT2D eigenvalue weighted by Gasteiger charge is 2.19. The predicted octanol–water partition coefficient (Wildman–Crippen LogP) is 6.60. The first-order valence-electron chi connectivity index (χ1n) is 10.1. The molecule has 0 aliphatic heterocycles. The molecule has 5 aromatic rings. The zero-order valence-corrected chi connectivity index (χ0v) is 18.1. The molecular formula is C26H20N4S. The van der Waals surface area contributed by atoms with Gasteiger partial charge in [0.05, 0.1) is 23.1 Å². The van der Waals surface area contributed by atoms with Crippen LogP contribution in [0.15, 0.2) is 73.1 Å². The predicted molar refractivity (Wildman–Crippen MR) is 129 cm³/mol. The molecule has 0 unspecified atom stereocenters. The Labute approximate surface area is 185 Å². The summed E-state index contributed by atoms with van der Waals surface area (Å²) < 4.78 is 9.30. The van der Waals surface area contributed by atoms with Crippen molar-refractivity contribution in [3.8, 4) is 22.4 Å². The molecule has 0 aliphatic carbocycles. The first kappa shape index (κ1) is 19.3. The lowest BCUT2D eigenvalue weighted by atomic mass is 9.98. The number of rotatable bonds is 4. The average Bonchev–Trinajstić information content (AvgIpc) is 3.29. The SMILES string of the molecule is Cc1ccc(-c2nc(C=Cc3ccncc3)c(-c3ccc(C)cc3)c3nsnc23)cc1. The molecule has 3 heterocycles. The van der Waals surface area contributed by atoms with E-state index in [0.717, 1.165) is 44.7 Å². The van der Waals surface area contributed by atoms with Gasteiger partial charge in [0.2, 0.25) is 0 Å². The van der Waals surface area contributed by atoms with Crippen LogP contribution in [0.5, 0.6) is 0 Å². The van der Waals surface area contributed by atoms with Gasteiger partial charge in [-0.1, -0.05) is 65.7 Å². The van der Waals surface area contributed by atoms with Crippen LogP contribution in [0, 0.1) is 13.8 Å². The maximum Gasteiger partial charge on any atom is 0.131 e. The smallest absolute Gasteiger partial charge is 0.131 e. The Morgan fingerprint density at radius 2 is 1.29 bits per heavy atom. The monoisotopic (exact) mass is 420 g/mol. The van der Waals surface area contributed by atoms with Crippen molar-refractivity contribution in [3.05, 3.63) is 95.4 Å². The van der Waals surface area contributed by atoms with Crippen molar-refractivity contribution in [2.45, 2.75) is 13.8 Å². The van der Waals surface area contributed by atoms with Crippen molar-refractivity contribution in [3.63, 3.8) is 0 Å². The van der Waals surface area contributed by atoms with Crippen molar-refractivity contribution in [2.24, 2.45) is 0 Å². The van der Waals surface area contributed by atoms with Crippen molar-refractivity contribution in [1.29, 1.82) is 0 Å². The molecule has 0 saturated carbocycles. The summed E-state index contributed by atoms with van der Waals surface area (Å²) in [5.41, 5.74) is 10.1. The normalized spacial score (nSPS) is 11.4. The molecule has 0 aliphatic rings. The molecular weight excluding hydrogens is 400 g/mol. The maximum atomic E-state index is 5.09. The maximum absolute atomic E-state index is 5.09. The molecule has 4 nitrogen and oxygen atoms in total. The Hall–Kier alpha value is -3.70.